The summed E-state index contributed by atoms with van der Waals surface area (Å²) in [6.07, 6.45) is 4.46. The molecule has 20 heavy (non-hydrogen) atoms. The predicted molar refractivity (Wildman–Crippen MR) is 81.5 cm³/mol. The zero-order chi connectivity index (χ0) is 14.5. The van der Waals surface area contributed by atoms with Crippen molar-refractivity contribution in [2.45, 2.75) is 51.7 Å². The van der Waals surface area contributed by atoms with Crippen LogP contribution in [0.5, 0.6) is 0 Å². The number of anilines is 2. The molecule has 0 heterocycles. The molecule has 110 valence electrons. The monoisotopic (exact) mass is 276 g/mol. The summed E-state index contributed by atoms with van der Waals surface area (Å²) in [4.78, 5) is 12.1. The molecule has 1 fully saturated rings. The molecule has 1 amide bonds. The molecule has 0 bridgehead atoms. The number of ether oxygens (including phenoxy) is 1. The lowest BCUT2D eigenvalue weighted by atomic mass is 9.88. The molecular weight excluding hydrogens is 252 g/mol. The van der Waals surface area contributed by atoms with Crippen molar-refractivity contribution in [3.05, 3.63) is 24.3 Å². The van der Waals surface area contributed by atoms with Crippen molar-refractivity contribution in [1.82, 2.24) is 0 Å². The lowest BCUT2D eigenvalue weighted by Crippen LogP contribution is -2.35. The van der Waals surface area contributed by atoms with Crippen LogP contribution < -0.4 is 11.1 Å². The lowest BCUT2D eigenvalue weighted by molar-refractivity contribution is -0.133. The molecule has 3 N–H and O–H groups in total. The Bertz CT molecular complexity index is 462. The van der Waals surface area contributed by atoms with Gasteiger partial charge < -0.3 is 15.8 Å². The van der Waals surface area contributed by atoms with Gasteiger partial charge in [-0.1, -0.05) is 25.8 Å². The van der Waals surface area contributed by atoms with Crippen LogP contribution in [0.25, 0.3) is 0 Å². The Morgan fingerprint density at radius 2 is 2.15 bits per heavy atom. The molecule has 0 saturated heterocycles. The summed E-state index contributed by atoms with van der Waals surface area (Å²) in [7, 11) is 0. The number of amides is 1. The van der Waals surface area contributed by atoms with E-state index in [4.69, 9.17) is 10.5 Å². The summed E-state index contributed by atoms with van der Waals surface area (Å²) in [5.41, 5.74) is 7.04. The van der Waals surface area contributed by atoms with Crippen LogP contribution in [0.4, 0.5) is 11.4 Å². The molecule has 2 rings (SSSR count). The first-order chi connectivity index (χ1) is 9.56. The Morgan fingerprint density at radius 1 is 1.40 bits per heavy atom. The average molecular weight is 276 g/mol. The van der Waals surface area contributed by atoms with Crippen molar-refractivity contribution in [1.29, 1.82) is 0 Å². The molecule has 1 aliphatic carbocycles. The minimum atomic E-state index is -0.443. The number of carbonyl (C=O) groups is 1. The van der Waals surface area contributed by atoms with E-state index in [1.165, 1.54) is 19.3 Å². The summed E-state index contributed by atoms with van der Waals surface area (Å²) in [6.45, 7) is 4.01. The molecule has 4 heteroatoms. The van der Waals surface area contributed by atoms with Gasteiger partial charge in [-0.25, -0.2) is 0 Å². The van der Waals surface area contributed by atoms with Crippen LogP contribution in [0.15, 0.2) is 24.3 Å². The molecule has 3 unspecified atom stereocenters. The molecule has 0 radical (unpaired) electrons. The first-order valence-corrected chi connectivity index (χ1v) is 7.38. The van der Waals surface area contributed by atoms with Gasteiger partial charge in [0.05, 0.1) is 6.10 Å². The van der Waals surface area contributed by atoms with Gasteiger partial charge in [0, 0.05) is 11.4 Å². The molecule has 4 nitrogen and oxygen atoms in total. The topological polar surface area (TPSA) is 64.3 Å². The second-order valence-electron chi connectivity index (χ2n) is 5.69. The first-order valence-electron chi connectivity index (χ1n) is 7.38. The molecule has 0 aliphatic heterocycles. The maximum absolute atomic E-state index is 12.1. The Hall–Kier alpha value is -1.55. The van der Waals surface area contributed by atoms with E-state index in [1.807, 2.05) is 19.1 Å². The molecule has 3 atom stereocenters. The van der Waals surface area contributed by atoms with E-state index in [-0.39, 0.29) is 12.0 Å². The molecule has 1 aromatic carbocycles. The number of benzene rings is 1. The maximum Gasteiger partial charge on any atom is 0.253 e. The van der Waals surface area contributed by atoms with Gasteiger partial charge >= 0.3 is 0 Å². The van der Waals surface area contributed by atoms with Crippen molar-refractivity contribution in [3.63, 3.8) is 0 Å². The van der Waals surface area contributed by atoms with Crippen molar-refractivity contribution in [3.8, 4) is 0 Å². The Labute approximate surface area is 120 Å². The maximum atomic E-state index is 12.1. The predicted octanol–water partition coefficient (Wildman–Crippen LogP) is 3.19. The molecule has 1 aliphatic rings. The lowest BCUT2D eigenvalue weighted by Gasteiger charge is -2.30. The van der Waals surface area contributed by atoms with Crippen LogP contribution in [-0.4, -0.2) is 18.1 Å². The van der Waals surface area contributed by atoms with Crippen LogP contribution in [0.1, 0.15) is 39.5 Å². The van der Waals surface area contributed by atoms with E-state index in [1.54, 1.807) is 12.1 Å². The van der Waals surface area contributed by atoms with Gasteiger partial charge in [0.15, 0.2) is 0 Å². The summed E-state index contributed by atoms with van der Waals surface area (Å²) in [5, 5.41) is 2.84. The third-order valence-corrected chi connectivity index (χ3v) is 3.94. The molecule has 1 aromatic rings. The van der Waals surface area contributed by atoms with Crippen molar-refractivity contribution >= 4 is 17.3 Å². The van der Waals surface area contributed by atoms with Crippen LogP contribution in [-0.2, 0) is 9.53 Å². The summed E-state index contributed by atoms with van der Waals surface area (Å²) < 4.78 is 5.92. The smallest absolute Gasteiger partial charge is 0.253 e. The van der Waals surface area contributed by atoms with E-state index in [2.05, 4.69) is 12.2 Å². The average Bonchev–Trinajstić information content (AvgIpc) is 2.41. The second-order valence-corrected chi connectivity index (χ2v) is 5.69. The third-order valence-electron chi connectivity index (χ3n) is 3.94. The van der Waals surface area contributed by atoms with Gasteiger partial charge in [-0.2, -0.15) is 0 Å². The fraction of sp³-hybridized carbons (Fsp3) is 0.562. The number of hydrogen-bond donors (Lipinski definition) is 2. The zero-order valence-electron chi connectivity index (χ0n) is 12.3. The fourth-order valence-electron chi connectivity index (χ4n) is 2.67. The van der Waals surface area contributed by atoms with Crippen LogP contribution in [0.3, 0.4) is 0 Å². The van der Waals surface area contributed by atoms with Crippen LogP contribution >= 0.6 is 0 Å². The minimum Gasteiger partial charge on any atom is -0.399 e. The Balaban J connectivity index is 1.88. The highest BCUT2D eigenvalue weighted by atomic mass is 16.5. The number of nitrogen functional groups attached to an aromatic ring is 1. The number of nitrogens with one attached hydrogen (secondary N) is 1. The van der Waals surface area contributed by atoms with Crippen LogP contribution in [0, 0.1) is 5.92 Å². The molecular formula is C16H24N2O2. The number of nitrogens with two attached hydrogens (primary N) is 1. The van der Waals surface area contributed by atoms with Crippen LogP contribution in [0.2, 0.25) is 0 Å². The highest BCUT2D eigenvalue weighted by Gasteiger charge is 2.26. The number of carbonyl (C=O) groups excluding carboxylic acids is 1. The number of hydrogen-bond acceptors (Lipinski definition) is 3. The van der Waals surface area contributed by atoms with E-state index in [0.29, 0.717) is 17.3 Å². The van der Waals surface area contributed by atoms with Gasteiger partial charge in [-0.15, -0.1) is 0 Å². The quantitative estimate of drug-likeness (QED) is 0.830. The first kappa shape index (κ1) is 14.9. The SMILES string of the molecule is CC(OC1CCCCC1C)C(=O)Nc1cccc(N)c1. The molecule has 0 aromatic heterocycles. The van der Waals surface area contributed by atoms with Gasteiger partial charge in [0.1, 0.15) is 6.10 Å². The Kier molecular flexibility index (Phi) is 5.01. The fourth-order valence-corrected chi connectivity index (χ4v) is 2.67. The normalized spacial score (nSPS) is 24.1. The third kappa shape index (κ3) is 3.97. The van der Waals surface area contributed by atoms with Crippen molar-refractivity contribution in [2.24, 2.45) is 5.92 Å². The summed E-state index contributed by atoms with van der Waals surface area (Å²) in [5.74, 6) is 0.416. The standard InChI is InChI=1S/C16H24N2O2/c1-11-6-3-4-9-15(11)20-12(2)16(19)18-14-8-5-7-13(17)10-14/h5,7-8,10-12,15H,3-4,6,9,17H2,1-2H3,(H,18,19). The van der Waals surface area contributed by atoms with Gasteiger partial charge in [-0.05, 0) is 43.9 Å². The van der Waals surface area contributed by atoms with Gasteiger partial charge in [0.25, 0.3) is 5.91 Å². The van der Waals surface area contributed by atoms with E-state index >= 15 is 0 Å². The van der Waals surface area contributed by atoms with Crippen molar-refractivity contribution < 1.29 is 9.53 Å². The van der Waals surface area contributed by atoms with E-state index < -0.39 is 6.10 Å². The highest BCUT2D eigenvalue weighted by molar-refractivity contribution is 5.94. The van der Waals surface area contributed by atoms with Crippen molar-refractivity contribution in [2.75, 3.05) is 11.1 Å². The van der Waals surface area contributed by atoms with Gasteiger partial charge in [0.2, 0.25) is 0 Å². The second kappa shape index (κ2) is 6.75. The van der Waals surface area contributed by atoms with Gasteiger partial charge in [-0.3, -0.25) is 4.79 Å². The molecule has 1 saturated carbocycles. The zero-order valence-corrected chi connectivity index (χ0v) is 12.3. The summed E-state index contributed by atoms with van der Waals surface area (Å²) >= 11 is 0. The number of rotatable bonds is 4. The summed E-state index contributed by atoms with van der Waals surface area (Å²) in [6, 6.07) is 7.18. The van der Waals surface area contributed by atoms with E-state index in [0.717, 1.165) is 6.42 Å². The van der Waals surface area contributed by atoms with E-state index in [9.17, 15) is 4.79 Å². The minimum absolute atomic E-state index is 0.117. The largest absolute Gasteiger partial charge is 0.399 e. The molecule has 0 spiro atoms. The highest BCUT2D eigenvalue weighted by Crippen LogP contribution is 2.27. The Morgan fingerprint density at radius 3 is 2.85 bits per heavy atom.